The number of fused-ring (bicyclic) bond motifs is 1. The molecule has 4 unspecified atom stereocenters. The second kappa shape index (κ2) is 7.97. The van der Waals surface area contributed by atoms with Crippen LogP contribution in [0.15, 0.2) is 0 Å². The molecule has 2 saturated heterocycles. The van der Waals surface area contributed by atoms with Gasteiger partial charge in [-0.1, -0.05) is 32.6 Å². The van der Waals surface area contributed by atoms with E-state index >= 15 is 0 Å². The Bertz CT molecular complexity index is 304. The number of likely N-dealkylation sites (tertiary alicyclic amines) is 1. The van der Waals surface area contributed by atoms with Gasteiger partial charge in [0.25, 0.3) is 0 Å². The van der Waals surface area contributed by atoms with E-state index in [1.54, 1.807) is 0 Å². The minimum atomic E-state index is 0.784. The van der Waals surface area contributed by atoms with Crippen LogP contribution in [0.4, 0.5) is 0 Å². The van der Waals surface area contributed by atoms with Crippen molar-refractivity contribution in [2.45, 2.75) is 89.6 Å². The van der Waals surface area contributed by atoms with E-state index in [4.69, 9.17) is 0 Å². The lowest BCUT2D eigenvalue weighted by Gasteiger charge is -2.42. The third-order valence-corrected chi connectivity index (χ3v) is 6.36. The van der Waals surface area contributed by atoms with Crippen molar-refractivity contribution < 1.29 is 0 Å². The largest absolute Gasteiger partial charge is 0.310 e. The van der Waals surface area contributed by atoms with Gasteiger partial charge in [0.1, 0.15) is 0 Å². The first-order chi connectivity index (χ1) is 10.3. The van der Waals surface area contributed by atoms with Gasteiger partial charge in [-0.05, 0) is 69.9 Å². The van der Waals surface area contributed by atoms with E-state index in [0.29, 0.717) is 0 Å². The zero-order valence-corrected chi connectivity index (χ0v) is 14.2. The van der Waals surface area contributed by atoms with Gasteiger partial charge in [-0.15, -0.1) is 0 Å². The predicted molar refractivity (Wildman–Crippen MR) is 90.6 cm³/mol. The SMILES string of the molecule is CCCC1CCCN(CC2CCC3CCCCC3N2)CC1. The zero-order valence-electron chi connectivity index (χ0n) is 14.2. The molecular weight excluding hydrogens is 256 g/mol. The Morgan fingerprint density at radius 2 is 1.81 bits per heavy atom. The average Bonchev–Trinajstić information content (AvgIpc) is 2.73. The van der Waals surface area contributed by atoms with Crippen molar-refractivity contribution in [1.82, 2.24) is 10.2 Å². The summed E-state index contributed by atoms with van der Waals surface area (Å²) in [4.78, 5) is 2.77. The third kappa shape index (κ3) is 4.45. The molecule has 2 aliphatic heterocycles. The van der Waals surface area contributed by atoms with Crippen molar-refractivity contribution in [3.8, 4) is 0 Å². The highest BCUT2D eigenvalue weighted by Gasteiger charge is 2.32. The molecule has 3 rings (SSSR count). The number of rotatable bonds is 4. The molecule has 0 spiro atoms. The first-order valence-electron chi connectivity index (χ1n) is 9.83. The van der Waals surface area contributed by atoms with Crippen molar-refractivity contribution in [2.75, 3.05) is 19.6 Å². The first-order valence-corrected chi connectivity index (χ1v) is 9.83. The lowest BCUT2D eigenvalue weighted by Crippen LogP contribution is -2.53. The molecule has 0 aromatic heterocycles. The number of hydrogen-bond acceptors (Lipinski definition) is 2. The van der Waals surface area contributed by atoms with E-state index in [1.807, 2.05) is 0 Å². The van der Waals surface area contributed by atoms with Crippen molar-refractivity contribution in [3.63, 3.8) is 0 Å². The zero-order chi connectivity index (χ0) is 14.5. The summed E-state index contributed by atoms with van der Waals surface area (Å²) >= 11 is 0. The summed E-state index contributed by atoms with van der Waals surface area (Å²) in [5.41, 5.74) is 0. The van der Waals surface area contributed by atoms with E-state index in [-0.39, 0.29) is 0 Å². The van der Waals surface area contributed by atoms with Crippen molar-refractivity contribution in [1.29, 1.82) is 0 Å². The Kier molecular flexibility index (Phi) is 5.99. The van der Waals surface area contributed by atoms with E-state index < -0.39 is 0 Å². The maximum atomic E-state index is 4.02. The van der Waals surface area contributed by atoms with Crippen molar-refractivity contribution >= 4 is 0 Å². The van der Waals surface area contributed by atoms with E-state index in [1.165, 1.54) is 90.3 Å². The summed E-state index contributed by atoms with van der Waals surface area (Å²) in [5, 5.41) is 4.02. The summed E-state index contributed by atoms with van der Waals surface area (Å²) < 4.78 is 0. The molecule has 0 aromatic rings. The molecule has 3 fully saturated rings. The molecule has 21 heavy (non-hydrogen) atoms. The minimum Gasteiger partial charge on any atom is -0.310 e. The Hall–Kier alpha value is -0.0800. The van der Waals surface area contributed by atoms with Crippen LogP contribution in [0.25, 0.3) is 0 Å². The lowest BCUT2D eigenvalue weighted by atomic mass is 9.78. The van der Waals surface area contributed by atoms with E-state index in [2.05, 4.69) is 17.1 Å². The van der Waals surface area contributed by atoms with Crippen LogP contribution in [0.2, 0.25) is 0 Å². The number of hydrogen-bond donors (Lipinski definition) is 1. The number of nitrogens with zero attached hydrogens (tertiary/aromatic N) is 1. The molecular formula is C19H36N2. The monoisotopic (exact) mass is 292 g/mol. The summed E-state index contributed by atoms with van der Waals surface area (Å²) in [7, 11) is 0. The highest BCUT2D eigenvalue weighted by molar-refractivity contribution is 4.90. The van der Waals surface area contributed by atoms with Gasteiger partial charge in [0.2, 0.25) is 0 Å². The van der Waals surface area contributed by atoms with Crippen LogP contribution in [-0.4, -0.2) is 36.6 Å². The van der Waals surface area contributed by atoms with Crippen LogP contribution in [-0.2, 0) is 0 Å². The molecule has 1 saturated carbocycles. The second-order valence-corrected chi connectivity index (χ2v) is 7.98. The minimum absolute atomic E-state index is 0.784. The van der Waals surface area contributed by atoms with Gasteiger partial charge < -0.3 is 10.2 Å². The molecule has 1 N–H and O–H groups in total. The van der Waals surface area contributed by atoms with Crippen LogP contribution in [0.5, 0.6) is 0 Å². The van der Waals surface area contributed by atoms with Gasteiger partial charge in [-0.2, -0.15) is 0 Å². The first kappa shape index (κ1) is 15.8. The molecule has 0 aromatic carbocycles. The van der Waals surface area contributed by atoms with Gasteiger partial charge in [-0.25, -0.2) is 0 Å². The summed E-state index contributed by atoms with van der Waals surface area (Å²) in [6.07, 6.45) is 16.0. The molecule has 2 heteroatoms. The second-order valence-electron chi connectivity index (χ2n) is 7.98. The highest BCUT2D eigenvalue weighted by Crippen LogP contribution is 2.32. The van der Waals surface area contributed by atoms with Crippen LogP contribution in [0.1, 0.15) is 77.6 Å². The fourth-order valence-corrected chi connectivity index (χ4v) is 5.13. The van der Waals surface area contributed by atoms with Gasteiger partial charge in [0.15, 0.2) is 0 Å². The molecule has 3 aliphatic rings. The molecule has 0 amide bonds. The molecule has 2 nitrogen and oxygen atoms in total. The lowest BCUT2D eigenvalue weighted by molar-refractivity contribution is 0.144. The van der Waals surface area contributed by atoms with E-state index in [9.17, 15) is 0 Å². The predicted octanol–water partition coefficient (Wildman–Crippen LogP) is 4.20. The Balaban J connectivity index is 1.43. The molecule has 1 aliphatic carbocycles. The van der Waals surface area contributed by atoms with Crippen LogP contribution in [0, 0.1) is 11.8 Å². The fourth-order valence-electron chi connectivity index (χ4n) is 5.13. The van der Waals surface area contributed by atoms with Crippen molar-refractivity contribution in [3.05, 3.63) is 0 Å². The standard InChI is InChI=1S/C19H36N2/c1-2-6-16-7-5-13-21(14-12-16)15-18-11-10-17-8-3-4-9-19(17)20-18/h16-20H,2-15H2,1H3. The molecule has 2 heterocycles. The Morgan fingerprint density at radius 3 is 2.71 bits per heavy atom. The fraction of sp³-hybridized carbons (Fsp3) is 1.00. The van der Waals surface area contributed by atoms with Gasteiger partial charge in [-0.3, -0.25) is 0 Å². The molecule has 122 valence electrons. The summed E-state index contributed by atoms with van der Waals surface area (Å²) in [6.45, 7) is 6.38. The number of nitrogens with one attached hydrogen (secondary N) is 1. The molecule has 0 radical (unpaired) electrons. The van der Waals surface area contributed by atoms with Gasteiger partial charge in [0, 0.05) is 18.6 Å². The Labute approximate surface area is 132 Å². The van der Waals surface area contributed by atoms with Gasteiger partial charge >= 0.3 is 0 Å². The molecule has 4 atom stereocenters. The molecule has 0 bridgehead atoms. The third-order valence-electron chi connectivity index (χ3n) is 6.36. The average molecular weight is 293 g/mol. The highest BCUT2D eigenvalue weighted by atomic mass is 15.2. The maximum Gasteiger partial charge on any atom is 0.0197 e. The Morgan fingerprint density at radius 1 is 0.905 bits per heavy atom. The summed E-state index contributed by atoms with van der Waals surface area (Å²) in [5.74, 6) is 2.02. The maximum absolute atomic E-state index is 4.02. The quantitative estimate of drug-likeness (QED) is 0.835. The van der Waals surface area contributed by atoms with Crippen LogP contribution in [0.3, 0.4) is 0 Å². The normalized spacial score (nSPS) is 38.7. The number of piperidine rings is 1. The summed E-state index contributed by atoms with van der Waals surface area (Å²) in [6, 6.07) is 1.64. The topological polar surface area (TPSA) is 15.3 Å². The van der Waals surface area contributed by atoms with Crippen molar-refractivity contribution in [2.24, 2.45) is 11.8 Å². The van der Waals surface area contributed by atoms with Crippen LogP contribution < -0.4 is 5.32 Å². The van der Waals surface area contributed by atoms with E-state index in [0.717, 1.165) is 23.9 Å². The smallest absolute Gasteiger partial charge is 0.0197 e. The van der Waals surface area contributed by atoms with Crippen LogP contribution >= 0.6 is 0 Å². The van der Waals surface area contributed by atoms with Gasteiger partial charge in [0.05, 0.1) is 0 Å².